The topological polar surface area (TPSA) is 146 Å². The smallest absolute Gasteiger partial charge is 0.353 e. The van der Waals surface area contributed by atoms with Crippen molar-refractivity contribution < 1.29 is 24.0 Å². The highest BCUT2D eigenvalue weighted by atomic mass is 16.6. The zero-order valence-electron chi connectivity index (χ0n) is 17.9. The molecule has 0 aliphatic heterocycles. The van der Waals surface area contributed by atoms with Gasteiger partial charge in [-0.3, -0.25) is 10.1 Å². The molecule has 2 aromatic carbocycles. The summed E-state index contributed by atoms with van der Waals surface area (Å²) in [5.74, 6) is -1.23. The van der Waals surface area contributed by atoms with Gasteiger partial charge in [-0.2, -0.15) is 0 Å². The third-order valence-corrected chi connectivity index (χ3v) is 4.34. The molecule has 0 radical (unpaired) electrons. The van der Waals surface area contributed by atoms with Gasteiger partial charge in [0.1, 0.15) is 6.33 Å². The molecule has 33 heavy (non-hydrogen) atoms. The molecule has 1 heterocycles. The molecule has 0 aliphatic rings. The van der Waals surface area contributed by atoms with E-state index >= 15 is 0 Å². The van der Waals surface area contributed by atoms with Crippen molar-refractivity contribution in [3.05, 3.63) is 76.1 Å². The van der Waals surface area contributed by atoms with Crippen LogP contribution in [0.1, 0.15) is 34.6 Å². The number of ether oxygens (including phenoxy) is 2. The van der Waals surface area contributed by atoms with Gasteiger partial charge >= 0.3 is 17.6 Å². The van der Waals surface area contributed by atoms with Gasteiger partial charge in [0, 0.05) is 5.69 Å². The summed E-state index contributed by atoms with van der Waals surface area (Å²) in [5, 5.41) is 17.5. The van der Waals surface area contributed by atoms with E-state index in [1.165, 1.54) is 18.2 Å². The maximum Gasteiger partial charge on any atom is 0.353 e. The summed E-state index contributed by atoms with van der Waals surface area (Å²) < 4.78 is 9.98. The first-order valence-corrected chi connectivity index (χ1v) is 10.0. The number of nitrogens with one attached hydrogen (secondary N) is 2. The monoisotopic (exact) mass is 451 g/mol. The Morgan fingerprint density at radius 1 is 0.909 bits per heavy atom. The molecule has 0 atom stereocenters. The van der Waals surface area contributed by atoms with E-state index in [-0.39, 0.29) is 30.4 Å². The summed E-state index contributed by atoms with van der Waals surface area (Å²) in [4.78, 5) is 43.2. The lowest BCUT2D eigenvalue weighted by atomic mass is 10.1. The molecule has 0 saturated heterocycles. The molecule has 0 unspecified atom stereocenters. The van der Waals surface area contributed by atoms with Gasteiger partial charge in [-0.15, -0.1) is 0 Å². The number of nitro groups is 1. The molecule has 0 bridgehead atoms. The first kappa shape index (κ1) is 23.1. The molecule has 3 aromatic rings. The fourth-order valence-corrected chi connectivity index (χ4v) is 2.88. The fraction of sp³-hybridized carbons (Fsp3) is 0.182. The Kier molecular flexibility index (Phi) is 7.47. The first-order chi connectivity index (χ1) is 15.9. The summed E-state index contributed by atoms with van der Waals surface area (Å²) in [5.41, 5.74) is 0.879. The van der Waals surface area contributed by atoms with Crippen molar-refractivity contribution in [1.29, 1.82) is 0 Å². The minimum absolute atomic E-state index is 0.0741. The van der Waals surface area contributed by atoms with Crippen LogP contribution in [0.5, 0.6) is 0 Å². The maximum absolute atomic E-state index is 12.2. The lowest BCUT2D eigenvalue weighted by Gasteiger charge is -2.12. The van der Waals surface area contributed by atoms with Gasteiger partial charge in [-0.25, -0.2) is 19.6 Å². The van der Waals surface area contributed by atoms with Gasteiger partial charge in [0.2, 0.25) is 11.6 Å². The Morgan fingerprint density at radius 2 is 1.52 bits per heavy atom. The molecule has 1 aromatic heterocycles. The van der Waals surface area contributed by atoms with Gasteiger partial charge in [-0.1, -0.05) is 12.1 Å². The van der Waals surface area contributed by atoms with Crippen LogP contribution >= 0.6 is 0 Å². The van der Waals surface area contributed by atoms with Gasteiger partial charge in [0.25, 0.3) is 0 Å². The highest BCUT2D eigenvalue weighted by Crippen LogP contribution is 2.33. The summed E-state index contributed by atoms with van der Waals surface area (Å²) in [6.07, 6.45) is 1.15. The maximum atomic E-state index is 12.2. The number of para-hydroxylation sites is 1. The van der Waals surface area contributed by atoms with E-state index in [2.05, 4.69) is 20.6 Å². The summed E-state index contributed by atoms with van der Waals surface area (Å²) in [6, 6.07) is 12.6. The van der Waals surface area contributed by atoms with Crippen LogP contribution in [0.25, 0.3) is 0 Å². The van der Waals surface area contributed by atoms with Crippen LogP contribution in [-0.4, -0.2) is 40.0 Å². The molecular weight excluding hydrogens is 430 g/mol. The first-order valence-electron chi connectivity index (χ1n) is 10.0. The molecule has 0 saturated carbocycles. The van der Waals surface area contributed by atoms with E-state index in [4.69, 9.17) is 9.47 Å². The van der Waals surface area contributed by atoms with E-state index in [9.17, 15) is 19.7 Å². The van der Waals surface area contributed by atoms with Gasteiger partial charge in [0.15, 0.2) is 0 Å². The number of aromatic nitrogens is 2. The van der Waals surface area contributed by atoms with Crippen molar-refractivity contribution in [2.24, 2.45) is 0 Å². The minimum atomic E-state index is -0.634. The normalized spacial score (nSPS) is 10.2. The number of hydrogen-bond donors (Lipinski definition) is 2. The highest BCUT2D eigenvalue weighted by molar-refractivity contribution is 5.97. The second-order valence-electron chi connectivity index (χ2n) is 6.49. The molecule has 0 amide bonds. The van der Waals surface area contributed by atoms with Crippen molar-refractivity contribution in [2.45, 2.75) is 13.8 Å². The number of esters is 2. The van der Waals surface area contributed by atoms with Crippen molar-refractivity contribution in [1.82, 2.24) is 9.97 Å². The summed E-state index contributed by atoms with van der Waals surface area (Å²) in [7, 11) is 0. The minimum Gasteiger partial charge on any atom is -0.462 e. The quantitative estimate of drug-likeness (QED) is 0.275. The zero-order chi connectivity index (χ0) is 23.8. The fourth-order valence-electron chi connectivity index (χ4n) is 2.88. The Balaban J connectivity index is 1.91. The van der Waals surface area contributed by atoms with Crippen molar-refractivity contribution in [3.63, 3.8) is 0 Å². The van der Waals surface area contributed by atoms with E-state index in [1.807, 2.05) is 0 Å². The van der Waals surface area contributed by atoms with E-state index < -0.39 is 22.5 Å². The molecule has 0 fully saturated rings. The molecule has 170 valence electrons. The molecule has 2 N–H and O–H groups in total. The third kappa shape index (κ3) is 5.58. The number of anilines is 4. The van der Waals surface area contributed by atoms with Crippen LogP contribution in [0.4, 0.5) is 28.7 Å². The SMILES string of the molecule is CCOC(=O)c1ccc(Nc2ncnc(Nc3ccccc3C(=O)OCC)c2[N+](=O)[O-])cc1. The Bertz CT molecular complexity index is 1170. The van der Waals surface area contributed by atoms with Gasteiger partial charge in [0.05, 0.1) is 35.0 Å². The molecule has 3 rings (SSSR count). The molecule has 11 nitrogen and oxygen atoms in total. The highest BCUT2D eigenvalue weighted by Gasteiger charge is 2.25. The van der Waals surface area contributed by atoms with Gasteiger partial charge in [-0.05, 0) is 50.2 Å². The van der Waals surface area contributed by atoms with Crippen molar-refractivity contribution >= 4 is 40.6 Å². The number of benzene rings is 2. The van der Waals surface area contributed by atoms with E-state index in [1.54, 1.807) is 44.2 Å². The molecule has 0 spiro atoms. The van der Waals surface area contributed by atoms with Crippen LogP contribution in [0.15, 0.2) is 54.9 Å². The number of nitrogens with zero attached hydrogens (tertiary/aromatic N) is 3. The van der Waals surface area contributed by atoms with Crippen LogP contribution in [0, 0.1) is 10.1 Å². The van der Waals surface area contributed by atoms with E-state index in [0.717, 1.165) is 6.33 Å². The summed E-state index contributed by atoms with van der Waals surface area (Å²) >= 11 is 0. The Labute approximate surface area is 188 Å². The second-order valence-corrected chi connectivity index (χ2v) is 6.49. The predicted molar refractivity (Wildman–Crippen MR) is 120 cm³/mol. The lowest BCUT2D eigenvalue weighted by molar-refractivity contribution is -0.383. The number of carbonyl (C=O) groups is 2. The van der Waals surface area contributed by atoms with Crippen LogP contribution < -0.4 is 10.6 Å². The number of rotatable bonds is 9. The Morgan fingerprint density at radius 3 is 2.15 bits per heavy atom. The number of carbonyl (C=O) groups excluding carboxylic acids is 2. The van der Waals surface area contributed by atoms with Crippen LogP contribution in [0.2, 0.25) is 0 Å². The average Bonchev–Trinajstić information content (AvgIpc) is 2.80. The van der Waals surface area contributed by atoms with Crippen molar-refractivity contribution in [2.75, 3.05) is 23.8 Å². The zero-order valence-corrected chi connectivity index (χ0v) is 17.9. The van der Waals surface area contributed by atoms with Crippen LogP contribution in [-0.2, 0) is 9.47 Å². The average molecular weight is 451 g/mol. The van der Waals surface area contributed by atoms with Crippen molar-refractivity contribution in [3.8, 4) is 0 Å². The van der Waals surface area contributed by atoms with Crippen LogP contribution in [0.3, 0.4) is 0 Å². The second kappa shape index (κ2) is 10.7. The number of hydrogen-bond acceptors (Lipinski definition) is 10. The molecule has 11 heteroatoms. The van der Waals surface area contributed by atoms with E-state index in [0.29, 0.717) is 16.9 Å². The predicted octanol–water partition coefficient (Wildman–Crippen LogP) is 4.23. The lowest BCUT2D eigenvalue weighted by Crippen LogP contribution is -2.10. The standard InChI is InChI=1S/C22H21N5O6/c1-3-32-21(28)14-9-11-15(12-10-14)25-19-18(27(30)31)20(24-13-23-19)26-17-8-6-5-7-16(17)22(29)33-4-2/h5-13H,3-4H2,1-2H3,(H2,23,24,25,26). The summed E-state index contributed by atoms with van der Waals surface area (Å²) in [6.45, 7) is 3.82. The third-order valence-electron chi connectivity index (χ3n) is 4.34. The molecule has 0 aliphatic carbocycles. The van der Waals surface area contributed by atoms with Gasteiger partial charge < -0.3 is 20.1 Å². The molecular formula is C22H21N5O6. The largest absolute Gasteiger partial charge is 0.462 e. The Hall–Kier alpha value is -4.54.